The van der Waals surface area contributed by atoms with E-state index in [9.17, 15) is 4.79 Å². The van der Waals surface area contributed by atoms with Gasteiger partial charge in [0.2, 0.25) is 5.91 Å². The summed E-state index contributed by atoms with van der Waals surface area (Å²) < 4.78 is 7.14. The van der Waals surface area contributed by atoms with Crippen molar-refractivity contribution >= 4 is 17.6 Å². The Morgan fingerprint density at radius 1 is 1.20 bits per heavy atom. The second-order valence-electron chi connectivity index (χ2n) is 7.46. The molecule has 1 saturated heterocycles. The summed E-state index contributed by atoms with van der Waals surface area (Å²) in [4.78, 5) is 18.1. The van der Waals surface area contributed by atoms with E-state index in [2.05, 4.69) is 39.8 Å². The van der Waals surface area contributed by atoms with Crippen molar-refractivity contribution in [1.29, 1.82) is 0 Å². The van der Waals surface area contributed by atoms with Gasteiger partial charge in [-0.25, -0.2) is 0 Å². The number of ether oxygens (including phenoxy) is 1. The number of aliphatic imine (C=N–C) groups is 1. The molecule has 2 heterocycles. The summed E-state index contributed by atoms with van der Waals surface area (Å²) in [5, 5.41) is 11.3. The SMILES string of the molecule is CN=C(NCc1ccc(N2CCCC2=O)cc1)NCc1c(C)nn(CCOC)c1C. The minimum absolute atomic E-state index is 0.210. The highest BCUT2D eigenvalue weighted by Crippen LogP contribution is 2.21. The maximum absolute atomic E-state index is 11.9. The highest BCUT2D eigenvalue weighted by atomic mass is 16.5. The number of aryl methyl sites for hydroxylation is 1. The second kappa shape index (κ2) is 10.2. The molecule has 0 saturated carbocycles. The van der Waals surface area contributed by atoms with Crippen LogP contribution in [0.5, 0.6) is 0 Å². The number of benzene rings is 1. The third kappa shape index (κ3) is 5.18. The molecule has 30 heavy (non-hydrogen) atoms. The Hall–Kier alpha value is -2.87. The largest absolute Gasteiger partial charge is 0.383 e. The molecule has 8 nitrogen and oxygen atoms in total. The number of rotatable bonds is 8. The van der Waals surface area contributed by atoms with Crippen molar-refractivity contribution in [2.75, 3.05) is 32.2 Å². The van der Waals surface area contributed by atoms with Crippen LogP contribution in [0.15, 0.2) is 29.3 Å². The third-order valence-corrected chi connectivity index (χ3v) is 5.48. The Kier molecular flexibility index (Phi) is 7.46. The van der Waals surface area contributed by atoms with E-state index in [1.807, 2.05) is 28.6 Å². The maximum atomic E-state index is 11.9. The fourth-order valence-electron chi connectivity index (χ4n) is 3.68. The highest BCUT2D eigenvalue weighted by molar-refractivity contribution is 5.95. The van der Waals surface area contributed by atoms with Crippen LogP contribution in [-0.2, 0) is 29.2 Å². The van der Waals surface area contributed by atoms with Gasteiger partial charge in [-0.3, -0.25) is 14.5 Å². The molecule has 0 aliphatic carbocycles. The van der Waals surface area contributed by atoms with E-state index in [-0.39, 0.29) is 5.91 Å². The molecule has 1 aliphatic heterocycles. The lowest BCUT2D eigenvalue weighted by molar-refractivity contribution is -0.117. The first-order valence-electron chi connectivity index (χ1n) is 10.4. The van der Waals surface area contributed by atoms with Gasteiger partial charge in [0, 0.05) is 57.2 Å². The Bertz CT molecular complexity index is 888. The summed E-state index contributed by atoms with van der Waals surface area (Å²) in [6.07, 6.45) is 1.59. The van der Waals surface area contributed by atoms with E-state index < -0.39 is 0 Å². The second-order valence-corrected chi connectivity index (χ2v) is 7.46. The smallest absolute Gasteiger partial charge is 0.227 e. The Balaban J connectivity index is 1.53. The van der Waals surface area contributed by atoms with Crippen LogP contribution < -0.4 is 15.5 Å². The number of anilines is 1. The number of nitrogens with zero attached hydrogens (tertiary/aromatic N) is 4. The van der Waals surface area contributed by atoms with E-state index in [0.717, 1.165) is 48.1 Å². The number of hydrogen-bond donors (Lipinski definition) is 2. The van der Waals surface area contributed by atoms with Gasteiger partial charge in [0.1, 0.15) is 0 Å². The van der Waals surface area contributed by atoms with Crippen molar-refractivity contribution in [1.82, 2.24) is 20.4 Å². The highest BCUT2D eigenvalue weighted by Gasteiger charge is 2.21. The van der Waals surface area contributed by atoms with Crippen molar-refractivity contribution in [3.63, 3.8) is 0 Å². The number of nitrogens with one attached hydrogen (secondary N) is 2. The zero-order valence-corrected chi connectivity index (χ0v) is 18.4. The topological polar surface area (TPSA) is 83.8 Å². The molecule has 0 bridgehead atoms. The van der Waals surface area contributed by atoms with Crippen LogP contribution in [0.2, 0.25) is 0 Å². The Morgan fingerprint density at radius 3 is 2.57 bits per heavy atom. The molecule has 1 fully saturated rings. The van der Waals surface area contributed by atoms with Gasteiger partial charge < -0.3 is 20.3 Å². The third-order valence-electron chi connectivity index (χ3n) is 5.48. The summed E-state index contributed by atoms with van der Waals surface area (Å²) in [6.45, 7) is 7.61. The van der Waals surface area contributed by atoms with Gasteiger partial charge in [0.15, 0.2) is 5.96 Å². The van der Waals surface area contributed by atoms with Gasteiger partial charge in [-0.1, -0.05) is 12.1 Å². The summed E-state index contributed by atoms with van der Waals surface area (Å²) in [6, 6.07) is 8.12. The quantitative estimate of drug-likeness (QED) is 0.513. The Labute approximate surface area is 178 Å². The van der Waals surface area contributed by atoms with Crippen LogP contribution in [0.3, 0.4) is 0 Å². The van der Waals surface area contributed by atoms with E-state index in [0.29, 0.717) is 26.1 Å². The molecule has 0 radical (unpaired) electrons. The number of hydrogen-bond acceptors (Lipinski definition) is 4. The van der Waals surface area contributed by atoms with E-state index >= 15 is 0 Å². The number of methoxy groups -OCH3 is 1. The van der Waals surface area contributed by atoms with E-state index in [1.165, 1.54) is 5.56 Å². The molecule has 1 amide bonds. The van der Waals surface area contributed by atoms with Crippen molar-refractivity contribution in [2.45, 2.75) is 46.3 Å². The number of amides is 1. The van der Waals surface area contributed by atoms with Crippen LogP contribution >= 0.6 is 0 Å². The van der Waals surface area contributed by atoms with Gasteiger partial charge in [-0.2, -0.15) is 5.10 Å². The number of aromatic nitrogens is 2. The standard InChI is InChI=1S/C22H32N6O2/c1-16-20(17(2)28(26-16)12-13-30-4)15-25-22(23-3)24-14-18-7-9-19(10-8-18)27-11-5-6-21(27)29/h7-10H,5-6,11-15H2,1-4H3,(H2,23,24,25). The molecular formula is C22H32N6O2. The number of guanidine groups is 1. The average Bonchev–Trinajstić information content (AvgIpc) is 3.30. The van der Waals surface area contributed by atoms with Gasteiger partial charge in [0.25, 0.3) is 0 Å². The van der Waals surface area contributed by atoms with Crippen LogP contribution in [0.1, 0.15) is 35.4 Å². The fourth-order valence-corrected chi connectivity index (χ4v) is 3.68. The predicted octanol–water partition coefficient (Wildman–Crippen LogP) is 2.14. The van der Waals surface area contributed by atoms with Crippen LogP contribution in [0, 0.1) is 13.8 Å². The van der Waals surface area contributed by atoms with E-state index in [1.54, 1.807) is 14.2 Å². The molecule has 1 aromatic carbocycles. The molecule has 0 unspecified atom stereocenters. The molecular weight excluding hydrogens is 380 g/mol. The average molecular weight is 413 g/mol. The Morgan fingerprint density at radius 2 is 1.93 bits per heavy atom. The fraction of sp³-hybridized carbons (Fsp3) is 0.500. The van der Waals surface area contributed by atoms with Gasteiger partial charge in [-0.15, -0.1) is 0 Å². The molecule has 2 N–H and O–H groups in total. The minimum atomic E-state index is 0.210. The lowest BCUT2D eigenvalue weighted by Gasteiger charge is -2.16. The zero-order valence-electron chi connectivity index (χ0n) is 18.4. The van der Waals surface area contributed by atoms with Gasteiger partial charge >= 0.3 is 0 Å². The van der Waals surface area contributed by atoms with Gasteiger partial charge in [0.05, 0.1) is 18.8 Å². The molecule has 0 spiro atoms. The maximum Gasteiger partial charge on any atom is 0.227 e. The van der Waals surface area contributed by atoms with Crippen molar-refractivity contribution in [3.8, 4) is 0 Å². The lowest BCUT2D eigenvalue weighted by atomic mass is 10.2. The van der Waals surface area contributed by atoms with E-state index in [4.69, 9.17) is 4.74 Å². The molecule has 162 valence electrons. The lowest BCUT2D eigenvalue weighted by Crippen LogP contribution is -2.36. The van der Waals surface area contributed by atoms with Crippen LogP contribution in [-0.4, -0.2) is 49.0 Å². The molecule has 3 rings (SSSR count). The number of carbonyl (C=O) groups excluding carboxylic acids is 1. The zero-order chi connectivity index (χ0) is 21.5. The molecule has 2 aromatic rings. The molecule has 1 aliphatic rings. The first-order valence-corrected chi connectivity index (χ1v) is 10.4. The first kappa shape index (κ1) is 21.8. The first-order chi connectivity index (χ1) is 14.5. The minimum Gasteiger partial charge on any atom is -0.383 e. The van der Waals surface area contributed by atoms with Crippen molar-refractivity contribution < 1.29 is 9.53 Å². The molecule has 1 aromatic heterocycles. The summed E-state index contributed by atoms with van der Waals surface area (Å²) in [5.74, 6) is 0.943. The molecule has 0 atom stereocenters. The van der Waals surface area contributed by atoms with Crippen molar-refractivity contribution in [2.24, 2.45) is 4.99 Å². The van der Waals surface area contributed by atoms with Crippen LogP contribution in [0.4, 0.5) is 5.69 Å². The van der Waals surface area contributed by atoms with Crippen LogP contribution in [0.25, 0.3) is 0 Å². The monoisotopic (exact) mass is 412 g/mol. The number of carbonyl (C=O) groups is 1. The normalized spacial score (nSPS) is 14.5. The van der Waals surface area contributed by atoms with Gasteiger partial charge in [-0.05, 0) is 38.0 Å². The summed E-state index contributed by atoms with van der Waals surface area (Å²) in [7, 11) is 3.46. The summed E-state index contributed by atoms with van der Waals surface area (Å²) >= 11 is 0. The molecule has 8 heteroatoms. The van der Waals surface area contributed by atoms with Crippen molar-refractivity contribution in [3.05, 3.63) is 46.8 Å². The summed E-state index contributed by atoms with van der Waals surface area (Å²) in [5.41, 5.74) is 5.43. The predicted molar refractivity (Wildman–Crippen MR) is 119 cm³/mol.